The van der Waals surface area contributed by atoms with Crippen LogP contribution in [0, 0.1) is 5.82 Å². The Morgan fingerprint density at radius 2 is 1.84 bits per heavy atom. The summed E-state index contributed by atoms with van der Waals surface area (Å²) in [6, 6.07) is 10.5. The number of halogens is 2. The summed E-state index contributed by atoms with van der Waals surface area (Å²) in [6.07, 6.45) is 0. The number of amidine groups is 1. The second-order valence-electron chi connectivity index (χ2n) is 4.38. The molecular formula is C14H10ClFN2O. The molecule has 0 aliphatic carbocycles. The van der Waals surface area contributed by atoms with Gasteiger partial charge in [0.2, 0.25) is 0 Å². The van der Waals surface area contributed by atoms with Gasteiger partial charge in [0, 0.05) is 10.6 Å². The fraction of sp³-hybridized carbons (Fsp3) is 0.0714. The van der Waals surface area contributed by atoms with Crippen LogP contribution in [0.2, 0.25) is 5.02 Å². The monoisotopic (exact) mass is 276 g/mol. The molecule has 0 saturated heterocycles. The molecule has 3 nitrogen and oxygen atoms in total. The van der Waals surface area contributed by atoms with E-state index in [1.165, 1.54) is 24.3 Å². The topological polar surface area (TPSA) is 58.6 Å². The molecule has 3 rings (SSSR count). The molecule has 1 unspecified atom stereocenters. The normalized spacial score (nSPS) is 21.1. The fourth-order valence-electron chi connectivity index (χ4n) is 2.24. The van der Waals surface area contributed by atoms with Crippen LogP contribution in [0.15, 0.2) is 47.5 Å². The second-order valence-corrected chi connectivity index (χ2v) is 4.81. The summed E-state index contributed by atoms with van der Waals surface area (Å²) in [7, 11) is 0. The van der Waals surface area contributed by atoms with Gasteiger partial charge in [-0.15, -0.1) is 0 Å². The van der Waals surface area contributed by atoms with E-state index in [2.05, 4.69) is 4.99 Å². The van der Waals surface area contributed by atoms with Crippen LogP contribution >= 0.6 is 11.6 Å². The van der Waals surface area contributed by atoms with E-state index in [1.54, 1.807) is 18.2 Å². The molecule has 5 heteroatoms. The van der Waals surface area contributed by atoms with Crippen molar-refractivity contribution in [2.75, 3.05) is 0 Å². The Balaban J connectivity index is 2.22. The average molecular weight is 277 g/mol. The van der Waals surface area contributed by atoms with Crippen molar-refractivity contribution in [3.05, 3.63) is 64.4 Å². The van der Waals surface area contributed by atoms with Crippen molar-refractivity contribution >= 4 is 23.1 Å². The van der Waals surface area contributed by atoms with Gasteiger partial charge in [-0.05, 0) is 35.9 Å². The number of fused-ring (bicyclic) bond motifs is 1. The lowest BCUT2D eigenvalue weighted by atomic mass is 9.86. The summed E-state index contributed by atoms with van der Waals surface area (Å²) < 4.78 is 13.0. The zero-order valence-corrected chi connectivity index (χ0v) is 10.5. The molecule has 0 saturated carbocycles. The molecule has 2 aromatic carbocycles. The van der Waals surface area contributed by atoms with Gasteiger partial charge in [-0.2, -0.15) is 0 Å². The Morgan fingerprint density at radius 3 is 2.53 bits per heavy atom. The maximum atomic E-state index is 13.0. The van der Waals surface area contributed by atoms with Crippen LogP contribution in [0.1, 0.15) is 11.1 Å². The standard InChI is InChI=1S/C14H10ClFN2O/c15-9-3-6-12-11(7-9)14(19,13(17)18-12)8-1-4-10(16)5-2-8/h1-7,19H,(H2,17,18). The maximum absolute atomic E-state index is 13.0. The molecule has 0 spiro atoms. The number of nitrogens with zero attached hydrogens (tertiary/aromatic N) is 1. The molecule has 0 fully saturated rings. The van der Waals surface area contributed by atoms with Crippen LogP contribution in [0.25, 0.3) is 0 Å². The SMILES string of the molecule is NC1=Nc2ccc(Cl)cc2C1(O)c1ccc(F)cc1. The lowest BCUT2D eigenvalue weighted by Gasteiger charge is -2.24. The van der Waals surface area contributed by atoms with Crippen molar-refractivity contribution in [3.63, 3.8) is 0 Å². The highest BCUT2D eigenvalue weighted by Crippen LogP contribution is 2.42. The minimum Gasteiger partial charge on any atom is -0.384 e. The zero-order chi connectivity index (χ0) is 13.6. The highest BCUT2D eigenvalue weighted by Gasteiger charge is 2.42. The lowest BCUT2D eigenvalue weighted by molar-refractivity contribution is 0.158. The third-order valence-corrected chi connectivity index (χ3v) is 3.46. The maximum Gasteiger partial charge on any atom is 0.174 e. The summed E-state index contributed by atoms with van der Waals surface area (Å²) in [6.45, 7) is 0. The zero-order valence-electron chi connectivity index (χ0n) is 9.77. The van der Waals surface area contributed by atoms with Gasteiger partial charge in [0.15, 0.2) is 5.60 Å². The van der Waals surface area contributed by atoms with Gasteiger partial charge in [0.25, 0.3) is 0 Å². The van der Waals surface area contributed by atoms with Gasteiger partial charge >= 0.3 is 0 Å². The number of hydrogen-bond acceptors (Lipinski definition) is 3. The second kappa shape index (κ2) is 4.05. The Labute approximate surface area is 114 Å². The Bertz CT molecular complexity index is 684. The lowest BCUT2D eigenvalue weighted by Crippen LogP contribution is -2.39. The summed E-state index contributed by atoms with van der Waals surface area (Å²) >= 11 is 5.95. The number of nitrogens with two attached hydrogens (primary N) is 1. The van der Waals surface area contributed by atoms with Gasteiger partial charge in [-0.25, -0.2) is 9.38 Å². The van der Waals surface area contributed by atoms with Crippen LogP contribution in [0.5, 0.6) is 0 Å². The molecule has 96 valence electrons. The van der Waals surface area contributed by atoms with Gasteiger partial charge in [-0.3, -0.25) is 0 Å². The fourth-order valence-corrected chi connectivity index (χ4v) is 2.41. The van der Waals surface area contributed by atoms with Gasteiger partial charge in [0.1, 0.15) is 11.7 Å². The van der Waals surface area contributed by atoms with E-state index in [4.69, 9.17) is 17.3 Å². The van der Waals surface area contributed by atoms with E-state index in [0.29, 0.717) is 21.8 Å². The smallest absolute Gasteiger partial charge is 0.174 e. The number of benzene rings is 2. The van der Waals surface area contributed by atoms with Crippen molar-refractivity contribution in [1.82, 2.24) is 0 Å². The van der Waals surface area contributed by atoms with Crippen molar-refractivity contribution in [2.45, 2.75) is 5.60 Å². The third-order valence-electron chi connectivity index (χ3n) is 3.22. The first-order valence-corrected chi connectivity index (χ1v) is 6.02. The largest absolute Gasteiger partial charge is 0.384 e. The van der Waals surface area contributed by atoms with Gasteiger partial charge < -0.3 is 10.8 Å². The number of rotatable bonds is 1. The Hall–Kier alpha value is -1.91. The molecule has 1 aliphatic heterocycles. The summed E-state index contributed by atoms with van der Waals surface area (Å²) in [4.78, 5) is 4.14. The van der Waals surface area contributed by atoms with Crippen LogP contribution in [0.4, 0.5) is 10.1 Å². The van der Waals surface area contributed by atoms with E-state index in [0.717, 1.165) is 0 Å². The third kappa shape index (κ3) is 1.72. The Morgan fingerprint density at radius 1 is 1.16 bits per heavy atom. The molecular weight excluding hydrogens is 267 g/mol. The predicted molar refractivity (Wildman–Crippen MR) is 72.1 cm³/mol. The van der Waals surface area contributed by atoms with Crippen LogP contribution in [-0.2, 0) is 5.60 Å². The highest BCUT2D eigenvalue weighted by molar-refractivity contribution is 6.30. The first-order valence-electron chi connectivity index (χ1n) is 5.65. The van der Waals surface area contributed by atoms with Crippen molar-refractivity contribution < 1.29 is 9.50 Å². The van der Waals surface area contributed by atoms with Gasteiger partial charge in [-0.1, -0.05) is 23.7 Å². The van der Waals surface area contributed by atoms with E-state index in [-0.39, 0.29) is 11.7 Å². The summed E-state index contributed by atoms with van der Waals surface area (Å²) in [5, 5.41) is 11.3. The van der Waals surface area contributed by atoms with Crippen molar-refractivity contribution in [3.8, 4) is 0 Å². The number of hydrogen-bond donors (Lipinski definition) is 2. The molecule has 1 heterocycles. The van der Waals surface area contributed by atoms with E-state index >= 15 is 0 Å². The van der Waals surface area contributed by atoms with Crippen molar-refractivity contribution in [1.29, 1.82) is 0 Å². The molecule has 0 bridgehead atoms. The number of aliphatic imine (C=N–C) groups is 1. The first kappa shape index (κ1) is 12.1. The minimum absolute atomic E-state index is 0.0522. The average Bonchev–Trinajstić information content (AvgIpc) is 2.64. The molecule has 3 N–H and O–H groups in total. The quantitative estimate of drug-likeness (QED) is 0.841. The summed E-state index contributed by atoms with van der Waals surface area (Å²) in [5.41, 5.74) is 5.81. The van der Waals surface area contributed by atoms with Crippen LogP contribution < -0.4 is 5.73 Å². The molecule has 0 radical (unpaired) electrons. The first-order chi connectivity index (χ1) is 9.01. The van der Waals surface area contributed by atoms with E-state index < -0.39 is 5.60 Å². The van der Waals surface area contributed by atoms with Gasteiger partial charge in [0.05, 0.1) is 5.69 Å². The molecule has 0 aromatic heterocycles. The van der Waals surface area contributed by atoms with E-state index in [9.17, 15) is 9.50 Å². The molecule has 1 aliphatic rings. The number of aliphatic hydroxyl groups is 1. The minimum atomic E-state index is -1.56. The van der Waals surface area contributed by atoms with Crippen LogP contribution in [0.3, 0.4) is 0 Å². The highest BCUT2D eigenvalue weighted by atomic mass is 35.5. The van der Waals surface area contributed by atoms with E-state index in [1.807, 2.05) is 0 Å². The molecule has 2 aromatic rings. The van der Waals surface area contributed by atoms with Crippen molar-refractivity contribution in [2.24, 2.45) is 10.7 Å². The molecule has 19 heavy (non-hydrogen) atoms. The molecule has 1 atom stereocenters. The summed E-state index contributed by atoms with van der Waals surface area (Å²) in [5.74, 6) is -0.330. The Kier molecular flexibility index (Phi) is 2.59. The molecule has 0 amide bonds. The predicted octanol–water partition coefficient (Wildman–Crippen LogP) is 2.72. The van der Waals surface area contributed by atoms with Crippen LogP contribution in [-0.4, -0.2) is 10.9 Å².